The first-order valence-corrected chi connectivity index (χ1v) is 24.5. The van der Waals surface area contributed by atoms with E-state index in [2.05, 4.69) is 176 Å². The molecular formula is C64H30N4. The first kappa shape index (κ1) is 31.3. The van der Waals surface area contributed by atoms with Gasteiger partial charge < -0.3 is 18.3 Å². The standard InChI is InChI=1S/C64H30N4/c1-3-12-29-27(10-1)31-14-5-16-33-41-24-43-45-26-46-44-25-42-34-17-6-15-32-28-11-2-4-13-30(28)56-36-19-8-21-38-48(36)51(60(42)66(56)54(32)34)62(44)68-58(38)40-23-9-22-39-49(40)52(64(46)68)63(45)67-57(39)37-20-7-18-35-47(37)50(61(43)67)59(41)65(53(31)33)55(29)35/h1-26,55-58H. The fourth-order valence-electron chi connectivity index (χ4n) is 17.1. The van der Waals surface area contributed by atoms with Crippen LogP contribution in [0.4, 0.5) is 0 Å². The summed E-state index contributed by atoms with van der Waals surface area (Å²) < 4.78 is 11.2. The molecule has 0 saturated carbocycles. The number of para-hydroxylation sites is 2. The topological polar surface area (TPSA) is 19.7 Å². The van der Waals surface area contributed by atoms with Crippen molar-refractivity contribution in [2.24, 2.45) is 0 Å². The Hall–Kier alpha value is -8.60. The van der Waals surface area contributed by atoms with Crippen molar-refractivity contribution in [3.8, 4) is 55.6 Å². The third kappa shape index (κ3) is 2.71. The zero-order valence-corrected chi connectivity index (χ0v) is 36.1. The van der Waals surface area contributed by atoms with E-state index in [0.29, 0.717) is 0 Å². The van der Waals surface area contributed by atoms with Crippen LogP contribution in [0.3, 0.4) is 0 Å². The van der Waals surface area contributed by atoms with E-state index in [-0.39, 0.29) is 24.2 Å². The number of aromatic nitrogens is 4. The first-order valence-electron chi connectivity index (χ1n) is 24.5. The largest absolute Gasteiger partial charge is 0.327 e. The van der Waals surface area contributed by atoms with E-state index < -0.39 is 0 Å². The summed E-state index contributed by atoms with van der Waals surface area (Å²) in [7, 11) is 0. The van der Waals surface area contributed by atoms with Crippen molar-refractivity contribution < 1.29 is 0 Å². The molecule has 0 saturated heterocycles. The number of nitrogens with zero attached hydrogens (tertiary/aromatic N) is 4. The van der Waals surface area contributed by atoms with E-state index in [1.54, 1.807) is 0 Å². The Balaban J connectivity index is 1.01. The maximum atomic E-state index is 2.84. The minimum absolute atomic E-state index is 0.0571. The molecule has 4 unspecified atom stereocenters. The van der Waals surface area contributed by atoms with Gasteiger partial charge in [0.1, 0.15) is 0 Å². The Labute approximate surface area is 385 Å². The molecule has 0 amide bonds. The molecule has 0 bridgehead atoms. The molecule has 0 fully saturated rings. The second kappa shape index (κ2) is 9.36. The smallest absolute Gasteiger partial charge is 0.0858 e. The SMILES string of the molecule is c1ccc2c(c1)-c1cccc3c4cc5c6cc7c8cc9c%10cccc%11c%10n%10c9c9c8n8c7c7c6n6c5c5c4n(c13)C2c1cccc(c1-5)C6c1cccc(c1-7)C8c1cccc(c1-9)C%10c1ccccc1-%11. The van der Waals surface area contributed by atoms with Gasteiger partial charge in [-0.1, -0.05) is 140 Å². The molecular weight excluding hydrogens is 825 g/mol. The van der Waals surface area contributed by atoms with Crippen LogP contribution in [0.15, 0.2) is 158 Å². The van der Waals surface area contributed by atoms with Gasteiger partial charge in [-0.05, 0) is 90.5 Å². The Morgan fingerprint density at radius 3 is 0.838 bits per heavy atom. The highest BCUT2D eigenvalue weighted by Crippen LogP contribution is 2.68. The van der Waals surface area contributed by atoms with Crippen LogP contribution in [0.2, 0.25) is 0 Å². The van der Waals surface area contributed by atoms with E-state index in [9.17, 15) is 0 Å². The second-order valence-electron chi connectivity index (χ2n) is 21.2. The Morgan fingerprint density at radius 2 is 0.471 bits per heavy atom. The predicted octanol–water partition coefficient (Wildman–Crippen LogP) is 15.5. The van der Waals surface area contributed by atoms with Crippen molar-refractivity contribution in [2.75, 3.05) is 0 Å². The van der Waals surface area contributed by atoms with Crippen LogP contribution in [-0.2, 0) is 0 Å². The highest BCUT2D eigenvalue weighted by atomic mass is 15.1. The molecule has 0 N–H and O–H groups in total. The molecule has 22 rings (SSSR count). The fourth-order valence-corrected chi connectivity index (χ4v) is 17.1. The average molecular weight is 855 g/mol. The summed E-state index contributed by atoms with van der Waals surface area (Å²) in [5.41, 5.74) is 36.8. The van der Waals surface area contributed by atoms with E-state index in [1.165, 1.54) is 187 Å². The first-order chi connectivity index (χ1) is 33.8. The summed E-state index contributed by atoms with van der Waals surface area (Å²) in [4.78, 5) is 0. The van der Waals surface area contributed by atoms with E-state index in [4.69, 9.17) is 0 Å². The summed E-state index contributed by atoms with van der Waals surface area (Å²) >= 11 is 0. The van der Waals surface area contributed by atoms with Crippen molar-refractivity contribution in [2.45, 2.75) is 24.2 Å². The highest BCUT2D eigenvalue weighted by molar-refractivity contribution is 6.36. The van der Waals surface area contributed by atoms with Gasteiger partial charge in [0.05, 0.1) is 68.3 Å². The lowest BCUT2D eigenvalue weighted by Crippen LogP contribution is -2.30. The average Bonchev–Trinajstić information content (AvgIpc) is 4.12. The molecule has 4 aromatic heterocycles. The zero-order chi connectivity index (χ0) is 42.6. The van der Waals surface area contributed by atoms with Gasteiger partial charge in [0.25, 0.3) is 0 Å². The molecule has 4 atom stereocenters. The number of benzene rings is 10. The predicted molar refractivity (Wildman–Crippen MR) is 275 cm³/mol. The maximum absolute atomic E-state index is 2.84. The lowest BCUT2D eigenvalue weighted by atomic mass is 9.72. The van der Waals surface area contributed by atoms with Crippen molar-refractivity contribution in [3.63, 3.8) is 0 Å². The molecule has 14 aromatic rings. The Kier molecular flexibility index (Phi) is 4.31. The number of hydrogen-bond acceptors (Lipinski definition) is 0. The molecule has 10 aromatic carbocycles. The lowest BCUT2D eigenvalue weighted by Gasteiger charge is -2.44. The number of rotatable bonds is 0. The van der Waals surface area contributed by atoms with Crippen molar-refractivity contribution in [1.29, 1.82) is 0 Å². The van der Waals surface area contributed by atoms with Crippen LogP contribution >= 0.6 is 0 Å². The molecule has 8 aliphatic heterocycles. The summed E-state index contributed by atoms with van der Waals surface area (Å²) in [6.45, 7) is 0. The van der Waals surface area contributed by atoms with Crippen molar-refractivity contribution in [3.05, 3.63) is 202 Å². The van der Waals surface area contributed by atoms with Crippen LogP contribution in [0, 0.1) is 0 Å². The third-order valence-corrected chi connectivity index (χ3v) is 19.0. The molecule has 0 spiro atoms. The maximum Gasteiger partial charge on any atom is 0.0858 e. The van der Waals surface area contributed by atoms with Crippen molar-refractivity contribution >= 4 is 87.2 Å². The zero-order valence-electron chi connectivity index (χ0n) is 36.1. The van der Waals surface area contributed by atoms with Crippen LogP contribution in [0.25, 0.3) is 143 Å². The quantitative estimate of drug-likeness (QED) is 0.145. The van der Waals surface area contributed by atoms with E-state index in [0.717, 1.165) is 0 Å². The van der Waals surface area contributed by atoms with Gasteiger partial charge in [-0.15, -0.1) is 0 Å². The molecule has 12 heterocycles. The van der Waals surface area contributed by atoms with Gasteiger partial charge >= 0.3 is 0 Å². The monoisotopic (exact) mass is 854 g/mol. The second-order valence-corrected chi connectivity index (χ2v) is 21.2. The van der Waals surface area contributed by atoms with Gasteiger partial charge in [0, 0.05) is 70.9 Å². The van der Waals surface area contributed by atoms with E-state index >= 15 is 0 Å². The van der Waals surface area contributed by atoms with Gasteiger partial charge in [0.2, 0.25) is 0 Å². The van der Waals surface area contributed by atoms with Crippen LogP contribution < -0.4 is 0 Å². The molecule has 306 valence electrons. The van der Waals surface area contributed by atoms with Crippen molar-refractivity contribution in [1.82, 2.24) is 18.3 Å². The van der Waals surface area contributed by atoms with Crippen LogP contribution in [-0.4, -0.2) is 18.3 Å². The Morgan fingerprint density at radius 1 is 0.206 bits per heavy atom. The summed E-state index contributed by atoms with van der Waals surface area (Å²) in [5.74, 6) is 0. The summed E-state index contributed by atoms with van der Waals surface area (Å²) in [5, 5.41) is 11.0. The summed E-state index contributed by atoms with van der Waals surface area (Å²) in [6.07, 6.45) is 0. The van der Waals surface area contributed by atoms with E-state index in [1.807, 2.05) is 0 Å². The Bertz CT molecular complexity index is 4800. The molecule has 0 radical (unpaired) electrons. The number of hydrogen-bond donors (Lipinski definition) is 0. The normalized spacial score (nSPS) is 19.5. The third-order valence-electron chi connectivity index (χ3n) is 19.0. The van der Waals surface area contributed by atoms with Gasteiger partial charge in [-0.3, -0.25) is 0 Å². The van der Waals surface area contributed by atoms with Gasteiger partial charge in [0.15, 0.2) is 0 Å². The summed E-state index contributed by atoms with van der Waals surface area (Å²) in [6, 6.07) is 62.9. The molecule has 4 nitrogen and oxygen atoms in total. The fraction of sp³-hybridized carbons (Fsp3) is 0.0625. The molecule has 0 aliphatic carbocycles. The minimum atomic E-state index is 0.0571. The van der Waals surface area contributed by atoms with Crippen LogP contribution in [0.5, 0.6) is 0 Å². The molecule has 8 aliphatic rings. The van der Waals surface area contributed by atoms with Gasteiger partial charge in [-0.25, -0.2) is 0 Å². The minimum Gasteiger partial charge on any atom is -0.327 e. The number of fused-ring (bicyclic) bond motifs is 16. The molecule has 4 heteroatoms. The van der Waals surface area contributed by atoms with Gasteiger partial charge in [-0.2, -0.15) is 0 Å². The molecule has 68 heavy (non-hydrogen) atoms. The highest BCUT2D eigenvalue weighted by Gasteiger charge is 2.49. The lowest BCUT2D eigenvalue weighted by molar-refractivity contribution is 0.669. The van der Waals surface area contributed by atoms with Crippen LogP contribution in [0.1, 0.15) is 68.7 Å².